The van der Waals surface area contributed by atoms with Gasteiger partial charge in [0.05, 0.1) is 17.3 Å². The maximum Gasteiger partial charge on any atom is 0.320 e. The molecule has 1 aromatic heterocycles. The van der Waals surface area contributed by atoms with Crippen molar-refractivity contribution in [3.63, 3.8) is 0 Å². The Labute approximate surface area is 123 Å². The quantitative estimate of drug-likeness (QED) is 0.853. The number of aryl methyl sites for hydroxylation is 1. The number of anilines is 2. The SMILES string of the molecule is Cc1ccc(Cl)c(Nc2nnc(CNCC(C)C)o2)c1. The Hall–Kier alpha value is -1.59. The average molecular weight is 295 g/mol. The first kappa shape index (κ1) is 14.8. The lowest BCUT2D eigenvalue weighted by Crippen LogP contribution is -2.19. The first-order valence-electron chi connectivity index (χ1n) is 6.61. The standard InChI is InChI=1S/C14H19ClN4O/c1-9(2)7-16-8-13-18-19-14(20-13)17-12-6-10(3)4-5-11(12)15/h4-6,9,16H,7-8H2,1-3H3,(H,17,19). The Kier molecular flexibility index (Phi) is 4.98. The van der Waals surface area contributed by atoms with Crippen LogP contribution in [0.1, 0.15) is 25.3 Å². The first-order chi connectivity index (χ1) is 9.54. The van der Waals surface area contributed by atoms with Crippen molar-refractivity contribution >= 4 is 23.3 Å². The van der Waals surface area contributed by atoms with E-state index in [-0.39, 0.29) is 0 Å². The molecular weight excluding hydrogens is 276 g/mol. The van der Waals surface area contributed by atoms with Crippen molar-refractivity contribution in [1.29, 1.82) is 0 Å². The molecule has 0 spiro atoms. The minimum atomic E-state index is 0.346. The van der Waals surface area contributed by atoms with Crippen LogP contribution in [0.5, 0.6) is 0 Å². The fourth-order valence-electron chi connectivity index (χ4n) is 1.69. The summed E-state index contributed by atoms with van der Waals surface area (Å²) in [6.07, 6.45) is 0. The topological polar surface area (TPSA) is 63.0 Å². The molecule has 0 aliphatic rings. The summed E-state index contributed by atoms with van der Waals surface area (Å²) in [4.78, 5) is 0. The second-order valence-electron chi connectivity index (χ2n) is 5.13. The van der Waals surface area contributed by atoms with Gasteiger partial charge in [0.2, 0.25) is 5.89 Å². The summed E-state index contributed by atoms with van der Waals surface area (Å²) in [5.41, 5.74) is 1.87. The second kappa shape index (κ2) is 6.72. The summed E-state index contributed by atoms with van der Waals surface area (Å²) in [5.74, 6) is 1.14. The molecule has 1 heterocycles. The van der Waals surface area contributed by atoms with E-state index in [2.05, 4.69) is 34.7 Å². The summed E-state index contributed by atoms with van der Waals surface area (Å²) in [6.45, 7) is 7.76. The third kappa shape index (κ3) is 4.21. The van der Waals surface area contributed by atoms with E-state index in [1.807, 2.05) is 25.1 Å². The lowest BCUT2D eigenvalue weighted by molar-refractivity contribution is 0.460. The molecule has 0 fully saturated rings. The molecule has 0 atom stereocenters. The lowest BCUT2D eigenvalue weighted by Gasteiger charge is -2.05. The minimum absolute atomic E-state index is 0.346. The molecule has 0 saturated heterocycles. The molecule has 2 rings (SSSR count). The molecule has 0 unspecified atom stereocenters. The maximum absolute atomic E-state index is 6.11. The van der Waals surface area contributed by atoms with Crippen molar-refractivity contribution in [3.8, 4) is 0 Å². The highest BCUT2D eigenvalue weighted by Gasteiger charge is 2.08. The molecule has 0 saturated carbocycles. The normalized spacial score (nSPS) is 11.1. The minimum Gasteiger partial charge on any atom is -0.406 e. The zero-order valence-electron chi connectivity index (χ0n) is 11.9. The van der Waals surface area contributed by atoms with Crippen LogP contribution < -0.4 is 10.6 Å². The molecule has 0 amide bonds. The van der Waals surface area contributed by atoms with Crippen molar-refractivity contribution in [2.24, 2.45) is 5.92 Å². The van der Waals surface area contributed by atoms with E-state index in [1.165, 1.54) is 0 Å². The van der Waals surface area contributed by atoms with Crippen LogP contribution in [0.15, 0.2) is 22.6 Å². The number of rotatable bonds is 6. The van der Waals surface area contributed by atoms with Crippen LogP contribution in [0.4, 0.5) is 11.7 Å². The molecule has 0 aliphatic heterocycles. The van der Waals surface area contributed by atoms with Gasteiger partial charge in [0.25, 0.3) is 0 Å². The predicted molar refractivity (Wildman–Crippen MR) is 80.3 cm³/mol. The van der Waals surface area contributed by atoms with E-state index in [0.717, 1.165) is 17.8 Å². The molecule has 5 nitrogen and oxygen atoms in total. The molecule has 0 bridgehead atoms. The fourth-order valence-corrected chi connectivity index (χ4v) is 1.86. The molecule has 2 N–H and O–H groups in total. The van der Waals surface area contributed by atoms with Gasteiger partial charge in [0, 0.05) is 0 Å². The summed E-state index contributed by atoms with van der Waals surface area (Å²) in [5, 5.41) is 14.8. The van der Waals surface area contributed by atoms with Crippen LogP contribution in [0.3, 0.4) is 0 Å². The van der Waals surface area contributed by atoms with E-state index >= 15 is 0 Å². The summed E-state index contributed by atoms with van der Waals surface area (Å²) >= 11 is 6.11. The molecule has 20 heavy (non-hydrogen) atoms. The van der Waals surface area contributed by atoms with E-state index in [0.29, 0.717) is 29.4 Å². The molecule has 0 radical (unpaired) electrons. The number of aromatic nitrogens is 2. The Balaban J connectivity index is 1.97. The van der Waals surface area contributed by atoms with Gasteiger partial charge in [-0.1, -0.05) is 36.6 Å². The summed E-state index contributed by atoms with van der Waals surface area (Å²) < 4.78 is 5.51. The van der Waals surface area contributed by atoms with E-state index in [1.54, 1.807) is 0 Å². The van der Waals surface area contributed by atoms with Crippen LogP contribution in [-0.2, 0) is 6.54 Å². The van der Waals surface area contributed by atoms with Gasteiger partial charge in [-0.2, -0.15) is 0 Å². The molecule has 1 aromatic carbocycles. The van der Waals surface area contributed by atoms with E-state index < -0.39 is 0 Å². The smallest absolute Gasteiger partial charge is 0.320 e. The summed E-state index contributed by atoms with van der Waals surface area (Å²) in [6, 6.07) is 6.06. The number of hydrogen-bond donors (Lipinski definition) is 2. The Morgan fingerprint density at radius 3 is 2.85 bits per heavy atom. The van der Waals surface area contributed by atoms with Crippen molar-refractivity contribution in [2.45, 2.75) is 27.3 Å². The van der Waals surface area contributed by atoms with Crippen LogP contribution in [0.25, 0.3) is 0 Å². The number of halogens is 1. The average Bonchev–Trinajstić information content (AvgIpc) is 2.81. The van der Waals surface area contributed by atoms with Gasteiger partial charge in [-0.05, 0) is 37.1 Å². The second-order valence-corrected chi connectivity index (χ2v) is 5.54. The largest absolute Gasteiger partial charge is 0.406 e. The summed E-state index contributed by atoms with van der Waals surface area (Å²) in [7, 11) is 0. The predicted octanol–water partition coefficient (Wildman–Crippen LogP) is 3.52. The molecule has 0 aliphatic carbocycles. The van der Waals surface area contributed by atoms with Gasteiger partial charge in [-0.25, -0.2) is 0 Å². The number of benzene rings is 1. The van der Waals surface area contributed by atoms with Crippen molar-refractivity contribution < 1.29 is 4.42 Å². The van der Waals surface area contributed by atoms with Crippen molar-refractivity contribution in [1.82, 2.24) is 15.5 Å². The lowest BCUT2D eigenvalue weighted by atomic mass is 10.2. The monoisotopic (exact) mass is 294 g/mol. The molecular formula is C14H19ClN4O. The Morgan fingerprint density at radius 2 is 2.10 bits per heavy atom. The van der Waals surface area contributed by atoms with E-state index in [4.69, 9.17) is 16.0 Å². The fraction of sp³-hybridized carbons (Fsp3) is 0.429. The zero-order valence-corrected chi connectivity index (χ0v) is 12.7. The van der Waals surface area contributed by atoms with Crippen LogP contribution in [0.2, 0.25) is 5.02 Å². The number of nitrogens with one attached hydrogen (secondary N) is 2. The van der Waals surface area contributed by atoms with Crippen LogP contribution >= 0.6 is 11.6 Å². The number of nitrogens with zero attached hydrogens (tertiary/aromatic N) is 2. The molecule has 2 aromatic rings. The highest BCUT2D eigenvalue weighted by atomic mass is 35.5. The molecule has 108 valence electrons. The van der Waals surface area contributed by atoms with Crippen LogP contribution in [-0.4, -0.2) is 16.7 Å². The van der Waals surface area contributed by atoms with Gasteiger partial charge in [-0.15, -0.1) is 5.10 Å². The van der Waals surface area contributed by atoms with Crippen molar-refractivity contribution in [3.05, 3.63) is 34.7 Å². The first-order valence-corrected chi connectivity index (χ1v) is 6.98. The Bertz CT molecular complexity index is 568. The number of hydrogen-bond acceptors (Lipinski definition) is 5. The third-order valence-electron chi connectivity index (χ3n) is 2.66. The highest BCUT2D eigenvalue weighted by molar-refractivity contribution is 6.33. The van der Waals surface area contributed by atoms with Crippen molar-refractivity contribution in [2.75, 3.05) is 11.9 Å². The van der Waals surface area contributed by atoms with E-state index in [9.17, 15) is 0 Å². The van der Waals surface area contributed by atoms with Gasteiger partial charge in [0.1, 0.15) is 0 Å². The third-order valence-corrected chi connectivity index (χ3v) is 2.99. The Morgan fingerprint density at radius 1 is 1.30 bits per heavy atom. The molecule has 6 heteroatoms. The van der Waals surface area contributed by atoms with Gasteiger partial charge in [-0.3, -0.25) is 0 Å². The van der Waals surface area contributed by atoms with Crippen LogP contribution in [0, 0.1) is 12.8 Å². The highest BCUT2D eigenvalue weighted by Crippen LogP contribution is 2.25. The van der Waals surface area contributed by atoms with Gasteiger partial charge >= 0.3 is 6.01 Å². The van der Waals surface area contributed by atoms with Gasteiger partial charge < -0.3 is 15.1 Å². The zero-order chi connectivity index (χ0) is 14.5. The van der Waals surface area contributed by atoms with Gasteiger partial charge in [0.15, 0.2) is 0 Å². The maximum atomic E-state index is 6.11.